The third-order valence-electron chi connectivity index (χ3n) is 1.44. The summed E-state index contributed by atoms with van der Waals surface area (Å²) in [5.41, 5.74) is 1.18. The molecule has 1 aromatic rings. The highest BCUT2D eigenvalue weighted by Gasteiger charge is 1.93. The van der Waals surface area contributed by atoms with E-state index in [-0.39, 0.29) is 6.61 Å². The Kier molecular flexibility index (Phi) is 4.11. The van der Waals surface area contributed by atoms with Crippen LogP contribution in [0.25, 0.3) is 0 Å². The first kappa shape index (κ1) is 9.55. The number of hydrogen-bond acceptors (Lipinski definition) is 3. The highest BCUT2D eigenvalue weighted by atomic mass is 32.2. The topological polar surface area (TPSA) is 33.1 Å². The fourth-order valence-corrected chi connectivity index (χ4v) is 1.55. The van der Waals surface area contributed by atoms with E-state index in [1.807, 2.05) is 25.3 Å². The predicted octanol–water partition coefficient (Wildman–Crippen LogP) is 1.86. The van der Waals surface area contributed by atoms with Gasteiger partial charge in [-0.25, -0.2) is 4.98 Å². The minimum absolute atomic E-state index is 0.263. The molecule has 1 aromatic heterocycles. The Hall–Kier alpha value is -0.540. The SMILES string of the molecule is Cc1ccc(SCCCO)nc1. The van der Waals surface area contributed by atoms with Crippen molar-refractivity contribution in [3.63, 3.8) is 0 Å². The molecule has 0 atom stereocenters. The number of aryl methyl sites for hydroxylation is 1. The van der Waals surface area contributed by atoms with Crippen LogP contribution in [0.1, 0.15) is 12.0 Å². The van der Waals surface area contributed by atoms with E-state index in [1.54, 1.807) is 11.8 Å². The Morgan fingerprint density at radius 1 is 1.50 bits per heavy atom. The highest BCUT2D eigenvalue weighted by molar-refractivity contribution is 7.99. The molecular formula is C9H13NOS. The standard InChI is InChI=1S/C9H13NOS/c1-8-3-4-9(10-7-8)12-6-2-5-11/h3-4,7,11H,2,5-6H2,1H3. The lowest BCUT2D eigenvalue weighted by atomic mass is 10.3. The van der Waals surface area contributed by atoms with Gasteiger partial charge in [-0.1, -0.05) is 6.07 Å². The van der Waals surface area contributed by atoms with E-state index in [4.69, 9.17) is 5.11 Å². The normalized spacial score (nSPS) is 10.2. The van der Waals surface area contributed by atoms with Gasteiger partial charge in [-0.3, -0.25) is 0 Å². The molecule has 0 aliphatic rings. The van der Waals surface area contributed by atoms with Crippen LogP contribution in [0.2, 0.25) is 0 Å². The van der Waals surface area contributed by atoms with Gasteiger partial charge in [-0.15, -0.1) is 11.8 Å². The second-order valence-electron chi connectivity index (χ2n) is 2.60. The van der Waals surface area contributed by atoms with Gasteiger partial charge in [0.2, 0.25) is 0 Å². The maximum atomic E-state index is 8.55. The molecule has 3 heteroatoms. The molecule has 12 heavy (non-hydrogen) atoms. The third kappa shape index (κ3) is 3.24. The van der Waals surface area contributed by atoms with E-state index in [9.17, 15) is 0 Å². The van der Waals surface area contributed by atoms with E-state index in [0.717, 1.165) is 17.2 Å². The van der Waals surface area contributed by atoms with Crippen LogP contribution in [0, 0.1) is 6.92 Å². The average Bonchev–Trinajstić information content (AvgIpc) is 2.09. The lowest BCUT2D eigenvalue weighted by molar-refractivity contribution is 0.296. The summed E-state index contributed by atoms with van der Waals surface area (Å²) in [6.07, 6.45) is 2.70. The number of nitrogens with zero attached hydrogens (tertiary/aromatic N) is 1. The summed E-state index contributed by atoms with van der Waals surface area (Å²) in [5, 5.41) is 9.59. The van der Waals surface area contributed by atoms with Gasteiger partial charge < -0.3 is 5.11 Å². The Morgan fingerprint density at radius 2 is 2.33 bits per heavy atom. The van der Waals surface area contributed by atoms with E-state index in [0.29, 0.717) is 0 Å². The minimum atomic E-state index is 0.263. The molecule has 0 radical (unpaired) electrons. The maximum Gasteiger partial charge on any atom is 0.0960 e. The van der Waals surface area contributed by atoms with Crippen LogP contribution in [0.15, 0.2) is 23.4 Å². The van der Waals surface area contributed by atoms with Gasteiger partial charge in [0.05, 0.1) is 5.03 Å². The monoisotopic (exact) mass is 183 g/mol. The molecule has 0 amide bonds. The zero-order chi connectivity index (χ0) is 8.81. The molecule has 0 spiro atoms. The van der Waals surface area contributed by atoms with Crippen molar-refractivity contribution in [2.24, 2.45) is 0 Å². The molecule has 1 N–H and O–H groups in total. The summed E-state index contributed by atoms with van der Waals surface area (Å²) in [6.45, 7) is 2.29. The molecular weight excluding hydrogens is 170 g/mol. The van der Waals surface area contributed by atoms with E-state index in [1.165, 1.54) is 5.56 Å². The number of aliphatic hydroxyl groups excluding tert-OH is 1. The molecule has 0 aliphatic carbocycles. The van der Waals surface area contributed by atoms with Crippen LogP contribution in [0.5, 0.6) is 0 Å². The summed E-state index contributed by atoms with van der Waals surface area (Å²) in [4.78, 5) is 4.23. The van der Waals surface area contributed by atoms with Crippen LogP contribution in [-0.4, -0.2) is 22.5 Å². The summed E-state index contributed by atoms with van der Waals surface area (Å²) >= 11 is 1.68. The zero-order valence-corrected chi connectivity index (χ0v) is 7.97. The Labute approximate surface area is 77.0 Å². The largest absolute Gasteiger partial charge is 0.396 e. The number of aliphatic hydroxyl groups is 1. The maximum absolute atomic E-state index is 8.55. The van der Waals surface area contributed by atoms with Crippen molar-refractivity contribution in [1.29, 1.82) is 0 Å². The second kappa shape index (κ2) is 5.17. The van der Waals surface area contributed by atoms with Crippen LogP contribution in [0.3, 0.4) is 0 Å². The number of thioether (sulfide) groups is 1. The van der Waals surface area contributed by atoms with E-state index in [2.05, 4.69) is 4.98 Å². The zero-order valence-electron chi connectivity index (χ0n) is 7.16. The van der Waals surface area contributed by atoms with Crippen molar-refractivity contribution in [3.05, 3.63) is 23.9 Å². The molecule has 1 heterocycles. The first-order valence-corrected chi connectivity index (χ1v) is 4.98. The smallest absolute Gasteiger partial charge is 0.0960 e. The summed E-state index contributed by atoms with van der Waals surface area (Å²) in [6, 6.07) is 4.06. The Bertz CT molecular complexity index is 222. The lowest BCUT2D eigenvalue weighted by Gasteiger charge is -1.98. The quantitative estimate of drug-likeness (QED) is 0.571. The van der Waals surface area contributed by atoms with Gasteiger partial charge in [0.15, 0.2) is 0 Å². The van der Waals surface area contributed by atoms with Gasteiger partial charge >= 0.3 is 0 Å². The van der Waals surface area contributed by atoms with Gasteiger partial charge in [0.25, 0.3) is 0 Å². The summed E-state index contributed by atoms with van der Waals surface area (Å²) in [5.74, 6) is 0.937. The fraction of sp³-hybridized carbons (Fsp3) is 0.444. The van der Waals surface area contributed by atoms with Crippen molar-refractivity contribution < 1.29 is 5.11 Å². The molecule has 0 fully saturated rings. The van der Waals surface area contributed by atoms with Crippen molar-refractivity contribution in [2.45, 2.75) is 18.4 Å². The molecule has 0 aromatic carbocycles. The lowest BCUT2D eigenvalue weighted by Crippen LogP contribution is -1.87. The molecule has 66 valence electrons. The van der Waals surface area contributed by atoms with Crippen LogP contribution in [0.4, 0.5) is 0 Å². The Balaban J connectivity index is 2.37. The first-order chi connectivity index (χ1) is 5.83. The van der Waals surface area contributed by atoms with Crippen LogP contribution < -0.4 is 0 Å². The van der Waals surface area contributed by atoms with Crippen molar-refractivity contribution in [1.82, 2.24) is 4.98 Å². The first-order valence-electron chi connectivity index (χ1n) is 3.99. The molecule has 0 unspecified atom stereocenters. The Morgan fingerprint density at radius 3 is 2.92 bits per heavy atom. The number of aromatic nitrogens is 1. The van der Waals surface area contributed by atoms with E-state index >= 15 is 0 Å². The van der Waals surface area contributed by atoms with Crippen molar-refractivity contribution >= 4 is 11.8 Å². The van der Waals surface area contributed by atoms with Crippen molar-refractivity contribution in [3.8, 4) is 0 Å². The van der Waals surface area contributed by atoms with Crippen LogP contribution in [-0.2, 0) is 0 Å². The van der Waals surface area contributed by atoms with E-state index < -0.39 is 0 Å². The van der Waals surface area contributed by atoms with Gasteiger partial charge in [0, 0.05) is 18.6 Å². The van der Waals surface area contributed by atoms with Gasteiger partial charge in [-0.2, -0.15) is 0 Å². The predicted molar refractivity (Wildman–Crippen MR) is 51.4 cm³/mol. The molecule has 0 aliphatic heterocycles. The molecule has 2 nitrogen and oxygen atoms in total. The second-order valence-corrected chi connectivity index (χ2v) is 3.71. The minimum Gasteiger partial charge on any atom is -0.396 e. The third-order valence-corrected chi connectivity index (χ3v) is 2.47. The summed E-state index contributed by atoms with van der Waals surface area (Å²) < 4.78 is 0. The van der Waals surface area contributed by atoms with Crippen molar-refractivity contribution in [2.75, 3.05) is 12.4 Å². The number of rotatable bonds is 4. The summed E-state index contributed by atoms with van der Waals surface area (Å²) in [7, 11) is 0. The number of hydrogen-bond donors (Lipinski definition) is 1. The number of pyridine rings is 1. The highest BCUT2D eigenvalue weighted by Crippen LogP contribution is 2.15. The average molecular weight is 183 g/mol. The van der Waals surface area contributed by atoms with Crippen LogP contribution >= 0.6 is 11.8 Å². The fourth-order valence-electron chi connectivity index (χ4n) is 0.781. The molecule has 0 saturated heterocycles. The molecule has 0 bridgehead atoms. The van der Waals surface area contributed by atoms with Gasteiger partial charge in [0.1, 0.15) is 0 Å². The van der Waals surface area contributed by atoms with Gasteiger partial charge in [-0.05, 0) is 25.0 Å². The molecule has 1 rings (SSSR count). The molecule has 0 saturated carbocycles.